The van der Waals surface area contributed by atoms with Gasteiger partial charge in [0.2, 0.25) is 0 Å². The Bertz CT molecular complexity index is 933. The number of allylic oxidation sites excluding steroid dienone is 3. The van der Waals surface area contributed by atoms with E-state index < -0.39 is 6.61 Å². The molecule has 0 bridgehead atoms. The first-order valence-electron chi connectivity index (χ1n) is 10.2. The summed E-state index contributed by atoms with van der Waals surface area (Å²) < 4.78 is 35.7. The van der Waals surface area contributed by atoms with Crippen molar-refractivity contribution in [3.63, 3.8) is 0 Å². The van der Waals surface area contributed by atoms with Gasteiger partial charge in [-0.25, -0.2) is 0 Å². The Kier molecular flexibility index (Phi) is 6.47. The Labute approximate surface area is 175 Å². The Balaban J connectivity index is 1.38. The summed E-state index contributed by atoms with van der Waals surface area (Å²) in [5.41, 5.74) is 3.26. The molecule has 0 N–H and O–H groups in total. The van der Waals surface area contributed by atoms with E-state index in [0.29, 0.717) is 18.3 Å². The van der Waals surface area contributed by atoms with Crippen LogP contribution in [-0.2, 0) is 6.54 Å². The molecule has 5 heteroatoms. The minimum absolute atomic E-state index is 0.0798. The van der Waals surface area contributed by atoms with E-state index in [1.807, 2.05) is 30.4 Å². The van der Waals surface area contributed by atoms with Crippen LogP contribution in [0.4, 0.5) is 8.78 Å². The van der Waals surface area contributed by atoms with Gasteiger partial charge in [0, 0.05) is 19.3 Å². The third-order valence-corrected chi connectivity index (χ3v) is 5.09. The van der Waals surface area contributed by atoms with Gasteiger partial charge in [-0.3, -0.25) is 0 Å². The normalized spacial score (nSPS) is 16.2. The molecule has 1 saturated carbocycles. The summed E-state index contributed by atoms with van der Waals surface area (Å²) in [6, 6.07) is 15.4. The van der Waals surface area contributed by atoms with Crippen LogP contribution >= 0.6 is 0 Å². The second kappa shape index (κ2) is 9.61. The van der Waals surface area contributed by atoms with E-state index in [0.717, 1.165) is 37.1 Å². The van der Waals surface area contributed by atoms with Crippen LogP contribution < -0.4 is 9.47 Å². The molecule has 1 fully saturated rings. The molecule has 0 amide bonds. The molecule has 1 aliphatic carbocycles. The first kappa shape index (κ1) is 20.2. The molecule has 0 spiro atoms. The quantitative estimate of drug-likeness (QED) is 0.504. The van der Waals surface area contributed by atoms with Crippen molar-refractivity contribution < 1.29 is 18.3 Å². The van der Waals surface area contributed by atoms with Gasteiger partial charge >= 0.3 is 6.61 Å². The summed E-state index contributed by atoms with van der Waals surface area (Å²) in [6.07, 6.45) is 12.6. The summed E-state index contributed by atoms with van der Waals surface area (Å²) in [7, 11) is 0. The van der Waals surface area contributed by atoms with Crippen LogP contribution in [-0.4, -0.2) is 24.7 Å². The monoisotopic (exact) mass is 409 g/mol. The molecule has 0 radical (unpaired) electrons. The maximum atomic E-state index is 12.7. The lowest BCUT2D eigenvalue weighted by Crippen LogP contribution is -2.19. The predicted octanol–water partition coefficient (Wildman–Crippen LogP) is 6.05. The van der Waals surface area contributed by atoms with Crippen LogP contribution in [0.15, 0.2) is 78.5 Å². The average molecular weight is 409 g/mol. The van der Waals surface area contributed by atoms with Crippen molar-refractivity contribution in [1.82, 2.24) is 4.90 Å². The zero-order valence-electron chi connectivity index (χ0n) is 16.7. The number of nitrogens with zero attached hydrogens (tertiary/aromatic N) is 1. The van der Waals surface area contributed by atoms with Crippen LogP contribution in [0.2, 0.25) is 0 Å². The number of rotatable bonds is 9. The maximum Gasteiger partial charge on any atom is 0.387 e. The number of alkyl halides is 2. The molecule has 0 aromatic heterocycles. The largest absolute Gasteiger partial charge is 0.489 e. The number of halogens is 2. The molecule has 2 aromatic carbocycles. The van der Waals surface area contributed by atoms with Gasteiger partial charge in [0.25, 0.3) is 0 Å². The van der Waals surface area contributed by atoms with E-state index in [4.69, 9.17) is 4.74 Å². The third kappa shape index (κ3) is 5.96. The van der Waals surface area contributed by atoms with Gasteiger partial charge in [-0.1, -0.05) is 54.6 Å². The van der Waals surface area contributed by atoms with Crippen LogP contribution in [0.1, 0.15) is 24.0 Å². The molecule has 1 aliphatic heterocycles. The first-order chi connectivity index (χ1) is 14.7. The van der Waals surface area contributed by atoms with Gasteiger partial charge in [0.05, 0.1) is 6.61 Å². The molecular weight excluding hydrogens is 384 g/mol. The van der Waals surface area contributed by atoms with Crippen molar-refractivity contribution in [3.05, 3.63) is 89.7 Å². The zero-order valence-corrected chi connectivity index (χ0v) is 16.7. The molecule has 0 unspecified atom stereocenters. The highest BCUT2D eigenvalue weighted by Crippen LogP contribution is 2.34. The lowest BCUT2D eigenvalue weighted by Gasteiger charge is -2.22. The fourth-order valence-electron chi connectivity index (χ4n) is 3.22. The lowest BCUT2D eigenvalue weighted by atomic mass is 10.1. The number of ether oxygens (including phenoxy) is 2. The summed E-state index contributed by atoms with van der Waals surface area (Å²) in [4.78, 5) is 2.24. The average Bonchev–Trinajstić information content (AvgIpc) is 3.58. The van der Waals surface area contributed by atoms with Gasteiger partial charge < -0.3 is 14.4 Å². The summed E-state index contributed by atoms with van der Waals surface area (Å²) in [5.74, 6) is 0.975. The SMILES string of the molecule is FC(F)Oc1ccc(/C=C/C2=CCN(Cc3ccccc3)C=C2)cc1OCC1CC1. The van der Waals surface area contributed by atoms with E-state index >= 15 is 0 Å². The van der Waals surface area contributed by atoms with Gasteiger partial charge in [-0.15, -0.1) is 0 Å². The van der Waals surface area contributed by atoms with Gasteiger partial charge in [0.15, 0.2) is 11.5 Å². The number of hydrogen-bond donors (Lipinski definition) is 0. The maximum absolute atomic E-state index is 12.7. The lowest BCUT2D eigenvalue weighted by molar-refractivity contribution is -0.0515. The number of hydrogen-bond acceptors (Lipinski definition) is 3. The molecule has 30 heavy (non-hydrogen) atoms. The van der Waals surface area contributed by atoms with E-state index in [2.05, 4.69) is 40.1 Å². The molecule has 0 saturated heterocycles. The van der Waals surface area contributed by atoms with E-state index in [9.17, 15) is 8.78 Å². The molecule has 156 valence electrons. The topological polar surface area (TPSA) is 21.7 Å². The Hall–Kier alpha value is -3.08. The highest BCUT2D eigenvalue weighted by molar-refractivity contribution is 5.59. The van der Waals surface area contributed by atoms with Crippen molar-refractivity contribution in [3.8, 4) is 11.5 Å². The van der Waals surface area contributed by atoms with Crippen LogP contribution in [0.25, 0.3) is 6.08 Å². The van der Waals surface area contributed by atoms with Crippen LogP contribution in [0, 0.1) is 5.92 Å². The van der Waals surface area contributed by atoms with Crippen molar-refractivity contribution in [2.45, 2.75) is 26.0 Å². The smallest absolute Gasteiger partial charge is 0.387 e. The van der Waals surface area contributed by atoms with Gasteiger partial charge in [0.1, 0.15) is 0 Å². The zero-order chi connectivity index (χ0) is 20.8. The second-order valence-electron chi connectivity index (χ2n) is 7.61. The van der Waals surface area contributed by atoms with Crippen molar-refractivity contribution in [2.24, 2.45) is 5.92 Å². The Morgan fingerprint density at radius 2 is 1.87 bits per heavy atom. The summed E-state index contributed by atoms with van der Waals surface area (Å²) >= 11 is 0. The summed E-state index contributed by atoms with van der Waals surface area (Å²) in [5, 5.41) is 0. The molecule has 1 heterocycles. The van der Waals surface area contributed by atoms with Crippen LogP contribution in [0.3, 0.4) is 0 Å². The Morgan fingerprint density at radius 3 is 2.57 bits per heavy atom. The molecule has 0 atom stereocenters. The Morgan fingerprint density at radius 1 is 1.03 bits per heavy atom. The third-order valence-electron chi connectivity index (χ3n) is 5.09. The van der Waals surface area contributed by atoms with Gasteiger partial charge in [-0.2, -0.15) is 8.78 Å². The fraction of sp³-hybridized carbons (Fsp3) is 0.280. The van der Waals surface area contributed by atoms with Crippen molar-refractivity contribution in [1.29, 1.82) is 0 Å². The minimum Gasteiger partial charge on any atom is -0.489 e. The highest BCUT2D eigenvalue weighted by atomic mass is 19.3. The van der Waals surface area contributed by atoms with Crippen LogP contribution in [0.5, 0.6) is 11.5 Å². The van der Waals surface area contributed by atoms with Crippen molar-refractivity contribution >= 4 is 6.08 Å². The molecule has 4 rings (SSSR count). The second-order valence-corrected chi connectivity index (χ2v) is 7.61. The summed E-state index contributed by atoms with van der Waals surface area (Å²) in [6.45, 7) is -0.621. The molecular formula is C25H25F2NO2. The molecule has 2 aromatic rings. The minimum atomic E-state index is -2.87. The van der Waals surface area contributed by atoms with E-state index in [-0.39, 0.29) is 5.75 Å². The van der Waals surface area contributed by atoms with E-state index in [1.165, 1.54) is 5.56 Å². The number of benzene rings is 2. The molecule has 3 nitrogen and oxygen atoms in total. The highest BCUT2D eigenvalue weighted by Gasteiger charge is 2.23. The predicted molar refractivity (Wildman–Crippen MR) is 114 cm³/mol. The fourth-order valence-corrected chi connectivity index (χ4v) is 3.22. The van der Waals surface area contributed by atoms with E-state index in [1.54, 1.807) is 18.2 Å². The van der Waals surface area contributed by atoms with Crippen molar-refractivity contribution in [2.75, 3.05) is 13.2 Å². The first-order valence-corrected chi connectivity index (χ1v) is 10.2. The van der Waals surface area contributed by atoms with Gasteiger partial charge in [-0.05, 0) is 53.7 Å². The molecule has 2 aliphatic rings. The standard InChI is InChI=1S/C25H25F2NO2/c26-25(27)30-23-11-10-20(16-24(23)29-18-22-8-9-22)7-6-19-12-14-28(15-13-19)17-21-4-2-1-3-5-21/h1-7,10-14,16,22,25H,8-9,15,17-18H2/b7-6+.